The van der Waals surface area contributed by atoms with Gasteiger partial charge in [-0.15, -0.1) is 0 Å². The van der Waals surface area contributed by atoms with Crippen molar-refractivity contribution in [2.75, 3.05) is 0 Å². The van der Waals surface area contributed by atoms with Gasteiger partial charge in [-0.1, -0.05) is 25.7 Å². The monoisotopic (exact) mass is 262 g/mol. The molecule has 2 saturated carbocycles. The Balaban J connectivity index is 1.74. The maximum absolute atomic E-state index is 12.9. The lowest BCUT2D eigenvalue weighted by Crippen LogP contribution is -2.56. The third-order valence-corrected chi connectivity index (χ3v) is 4.63. The quantitative estimate of drug-likeness (QED) is 0.808. The molecule has 1 unspecified atom stereocenters. The lowest BCUT2D eigenvalue weighted by molar-refractivity contribution is -0.154. The van der Waals surface area contributed by atoms with Gasteiger partial charge in [0.2, 0.25) is 0 Å². The number of benzene rings is 1. The van der Waals surface area contributed by atoms with E-state index in [0.717, 1.165) is 25.7 Å². The number of hydrogen-bond donors (Lipinski definition) is 0. The minimum Gasteiger partial charge on any atom is -0.489 e. The van der Waals surface area contributed by atoms with Crippen LogP contribution in [0.1, 0.15) is 44.9 Å². The second-order valence-corrected chi connectivity index (χ2v) is 5.76. The number of ether oxygens (including phenoxy) is 1. The molecule has 2 aliphatic rings. The zero-order chi connectivity index (χ0) is 13.3. The summed E-state index contributed by atoms with van der Waals surface area (Å²) in [6, 6.07) is 6.08. The van der Waals surface area contributed by atoms with Crippen LogP contribution in [0.4, 0.5) is 4.39 Å². The fourth-order valence-corrected chi connectivity index (χ4v) is 3.41. The Morgan fingerprint density at radius 2 is 1.68 bits per heavy atom. The highest BCUT2D eigenvalue weighted by Crippen LogP contribution is 2.49. The summed E-state index contributed by atoms with van der Waals surface area (Å²) in [7, 11) is 0. The van der Waals surface area contributed by atoms with E-state index in [1.54, 1.807) is 12.1 Å². The molecule has 2 nitrogen and oxygen atoms in total. The Hall–Kier alpha value is -1.38. The predicted octanol–water partition coefficient (Wildman–Crippen LogP) is 3.89. The summed E-state index contributed by atoms with van der Waals surface area (Å²) in [4.78, 5) is 12.1. The van der Waals surface area contributed by atoms with Gasteiger partial charge in [-0.2, -0.15) is 0 Å². The second kappa shape index (κ2) is 4.95. The van der Waals surface area contributed by atoms with E-state index in [4.69, 9.17) is 4.74 Å². The summed E-state index contributed by atoms with van der Waals surface area (Å²) in [6.45, 7) is 0. The molecular formula is C16H19FO2. The zero-order valence-electron chi connectivity index (χ0n) is 11.0. The first-order chi connectivity index (χ1) is 9.21. The standard InChI is InChI=1S/C16H19FO2/c17-12-5-7-13(8-6-12)19-15-11-14(18)16(15)9-3-1-2-4-10-16/h5-8,15H,1-4,9-11H2. The van der Waals surface area contributed by atoms with Crippen molar-refractivity contribution in [1.82, 2.24) is 0 Å². The maximum atomic E-state index is 12.9. The van der Waals surface area contributed by atoms with Gasteiger partial charge in [-0.25, -0.2) is 4.39 Å². The molecule has 0 aliphatic heterocycles. The molecular weight excluding hydrogens is 243 g/mol. The SMILES string of the molecule is O=C1CC(Oc2ccc(F)cc2)C12CCCCCC2. The molecule has 1 aromatic rings. The first-order valence-corrected chi connectivity index (χ1v) is 7.16. The number of hydrogen-bond acceptors (Lipinski definition) is 2. The van der Waals surface area contributed by atoms with E-state index < -0.39 is 0 Å². The van der Waals surface area contributed by atoms with Gasteiger partial charge in [-0.3, -0.25) is 4.79 Å². The minimum atomic E-state index is -0.263. The van der Waals surface area contributed by atoms with Crippen LogP contribution in [0.15, 0.2) is 24.3 Å². The summed E-state index contributed by atoms with van der Waals surface area (Å²) in [6.07, 6.45) is 7.09. The molecule has 0 N–H and O–H groups in total. The largest absolute Gasteiger partial charge is 0.489 e. The van der Waals surface area contributed by atoms with Gasteiger partial charge in [-0.05, 0) is 37.1 Å². The van der Waals surface area contributed by atoms with Crippen LogP contribution >= 0.6 is 0 Å². The summed E-state index contributed by atoms with van der Waals surface area (Å²) in [5, 5.41) is 0. The van der Waals surface area contributed by atoms with Crippen molar-refractivity contribution in [2.24, 2.45) is 5.41 Å². The Labute approximate surface area is 113 Å². The number of ketones is 1. The lowest BCUT2D eigenvalue weighted by Gasteiger charge is -2.47. The first kappa shape index (κ1) is 12.6. The Bertz CT molecular complexity index is 458. The normalized spacial score (nSPS) is 25.7. The zero-order valence-corrected chi connectivity index (χ0v) is 11.0. The summed E-state index contributed by atoms with van der Waals surface area (Å²) < 4.78 is 18.8. The van der Waals surface area contributed by atoms with Gasteiger partial charge in [0.15, 0.2) is 0 Å². The summed E-state index contributed by atoms with van der Waals surface area (Å²) in [5.41, 5.74) is -0.245. The van der Waals surface area contributed by atoms with Gasteiger partial charge in [0, 0.05) is 6.42 Å². The van der Waals surface area contributed by atoms with Crippen LogP contribution in [-0.4, -0.2) is 11.9 Å². The average Bonchev–Trinajstić information content (AvgIpc) is 2.68. The van der Waals surface area contributed by atoms with Crippen LogP contribution in [0.2, 0.25) is 0 Å². The van der Waals surface area contributed by atoms with Crippen molar-refractivity contribution in [3.63, 3.8) is 0 Å². The molecule has 19 heavy (non-hydrogen) atoms. The van der Waals surface area contributed by atoms with Crippen LogP contribution in [0, 0.1) is 11.2 Å². The molecule has 0 aromatic heterocycles. The van der Waals surface area contributed by atoms with Crippen LogP contribution < -0.4 is 4.74 Å². The molecule has 0 amide bonds. The van der Waals surface area contributed by atoms with Crippen LogP contribution in [0.25, 0.3) is 0 Å². The Morgan fingerprint density at radius 3 is 2.26 bits per heavy atom. The number of carbonyl (C=O) groups excluding carboxylic acids is 1. The molecule has 2 aliphatic carbocycles. The Morgan fingerprint density at radius 1 is 1.05 bits per heavy atom. The highest BCUT2D eigenvalue weighted by molar-refractivity contribution is 5.92. The van der Waals surface area contributed by atoms with E-state index in [-0.39, 0.29) is 17.3 Å². The average molecular weight is 262 g/mol. The maximum Gasteiger partial charge on any atom is 0.146 e. The molecule has 0 radical (unpaired) electrons. The number of rotatable bonds is 2. The van der Waals surface area contributed by atoms with E-state index in [2.05, 4.69) is 0 Å². The Kier molecular flexibility index (Phi) is 3.29. The van der Waals surface area contributed by atoms with Crippen molar-refractivity contribution in [2.45, 2.75) is 51.0 Å². The van der Waals surface area contributed by atoms with Crippen LogP contribution in [0.3, 0.4) is 0 Å². The number of halogens is 1. The second-order valence-electron chi connectivity index (χ2n) is 5.76. The third-order valence-electron chi connectivity index (χ3n) is 4.63. The molecule has 2 fully saturated rings. The van der Waals surface area contributed by atoms with E-state index in [0.29, 0.717) is 18.0 Å². The molecule has 3 heteroatoms. The van der Waals surface area contributed by atoms with E-state index >= 15 is 0 Å². The van der Waals surface area contributed by atoms with Gasteiger partial charge < -0.3 is 4.74 Å². The molecule has 0 bridgehead atoms. The van der Waals surface area contributed by atoms with Gasteiger partial charge in [0.05, 0.1) is 5.41 Å². The van der Waals surface area contributed by atoms with Gasteiger partial charge in [0.1, 0.15) is 23.5 Å². The molecule has 1 spiro atoms. The predicted molar refractivity (Wildman–Crippen MR) is 70.6 cm³/mol. The fraction of sp³-hybridized carbons (Fsp3) is 0.562. The minimum absolute atomic E-state index is 0.0106. The highest BCUT2D eigenvalue weighted by Gasteiger charge is 2.55. The van der Waals surface area contributed by atoms with Crippen molar-refractivity contribution in [3.8, 4) is 5.75 Å². The van der Waals surface area contributed by atoms with E-state index in [9.17, 15) is 9.18 Å². The summed E-state index contributed by atoms with van der Waals surface area (Å²) in [5.74, 6) is 0.769. The van der Waals surface area contributed by atoms with Crippen LogP contribution in [-0.2, 0) is 4.79 Å². The topological polar surface area (TPSA) is 26.3 Å². The molecule has 3 rings (SSSR count). The molecule has 0 saturated heterocycles. The van der Waals surface area contributed by atoms with Gasteiger partial charge in [0.25, 0.3) is 0 Å². The smallest absolute Gasteiger partial charge is 0.146 e. The van der Waals surface area contributed by atoms with E-state index in [1.807, 2.05) is 0 Å². The fourth-order valence-electron chi connectivity index (χ4n) is 3.41. The van der Waals surface area contributed by atoms with E-state index in [1.165, 1.54) is 25.0 Å². The third kappa shape index (κ3) is 2.26. The number of Topliss-reactive ketones (excluding diaryl/α,β-unsaturated/α-hetero) is 1. The lowest BCUT2D eigenvalue weighted by atomic mass is 9.60. The number of carbonyl (C=O) groups is 1. The first-order valence-electron chi connectivity index (χ1n) is 7.16. The molecule has 102 valence electrons. The molecule has 1 atom stereocenters. The van der Waals surface area contributed by atoms with Crippen molar-refractivity contribution < 1.29 is 13.9 Å². The molecule has 0 heterocycles. The molecule has 1 aromatic carbocycles. The van der Waals surface area contributed by atoms with Gasteiger partial charge >= 0.3 is 0 Å². The van der Waals surface area contributed by atoms with Crippen molar-refractivity contribution >= 4 is 5.78 Å². The van der Waals surface area contributed by atoms with Crippen molar-refractivity contribution in [3.05, 3.63) is 30.1 Å². The highest BCUT2D eigenvalue weighted by atomic mass is 19.1. The summed E-state index contributed by atoms with van der Waals surface area (Å²) >= 11 is 0. The van der Waals surface area contributed by atoms with Crippen LogP contribution in [0.5, 0.6) is 5.75 Å². The van der Waals surface area contributed by atoms with Crippen molar-refractivity contribution in [1.29, 1.82) is 0 Å².